The SMILES string of the molecule is C[N+](C)(CCCN(CCCS(=O)(=O)O)S(=O)(=O)C(F)(F)C(F)(F)C(F)(F)C(F)(F)C(F)(F)C(F)(F)C(F)(F)C(F)(F)C(F)(F)F)CCCS(=O)(=O)O. The van der Waals surface area contributed by atoms with Crippen LogP contribution in [0.5, 0.6) is 0 Å². The summed E-state index contributed by atoms with van der Waals surface area (Å²) in [6.07, 6.45) is -10.8. The van der Waals surface area contributed by atoms with Crippen molar-refractivity contribution < 1.29 is 122 Å². The summed E-state index contributed by atoms with van der Waals surface area (Å²) in [6, 6.07) is 0. The Bertz CT molecular complexity index is 1580. The van der Waals surface area contributed by atoms with Gasteiger partial charge in [0.25, 0.3) is 30.3 Å². The van der Waals surface area contributed by atoms with Crippen molar-refractivity contribution in [3.05, 3.63) is 0 Å². The maximum Gasteiger partial charge on any atom is 0.460 e. The van der Waals surface area contributed by atoms with E-state index in [4.69, 9.17) is 9.11 Å². The number of nitrogens with zero attached hydrogens (tertiary/aromatic N) is 2. The summed E-state index contributed by atoms with van der Waals surface area (Å²) in [5.41, 5.74) is 0. The van der Waals surface area contributed by atoms with Crippen LogP contribution >= 0.6 is 0 Å². The Labute approximate surface area is 281 Å². The lowest BCUT2D eigenvalue weighted by atomic mass is 9.89. The van der Waals surface area contributed by atoms with Gasteiger partial charge in [-0.2, -0.15) is 105 Å². The summed E-state index contributed by atoms with van der Waals surface area (Å²) in [4.78, 5) is 0. The lowest BCUT2D eigenvalue weighted by molar-refractivity contribution is -0.890. The average Bonchev–Trinajstić information content (AvgIpc) is 2.88. The van der Waals surface area contributed by atoms with E-state index in [-0.39, 0.29) is 13.0 Å². The Kier molecular flexibility index (Phi) is 14.3. The Morgan fingerprint density at radius 3 is 1.10 bits per heavy atom. The highest BCUT2D eigenvalue weighted by Crippen LogP contribution is 2.65. The quantitative estimate of drug-likeness (QED) is 0.0905. The predicted octanol–water partition coefficient (Wildman–Crippen LogP) is 5.24. The fourth-order valence-electron chi connectivity index (χ4n) is 3.91. The van der Waals surface area contributed by atoms with Crippen molar-refractivity contribution in [1.29, 1.82) is 0 Å². The number of hydrogen-bond acceptors (Lipinski definition) is 6. The van der Waals surface area contributed by atoms with E-state index in [1.54, 1.807) is 0 Å². The van der Waals surface area contributed by atoms with E-state index in [0.29, 0.717) is 0 Å². The zero-order valence-corrected chi connectivity index (χ0v) is 28.0. The number of sulfonamides is 1. The highest BCUT2D eigenvalue weighted by molar-refractivity contribution is 7.90. The molecule has 0 bridgehead atoms. The first-order chi connectivity index (χ1) is 22.3. The lowest BCUT2D eigenvalue weighted by Gasteiger charge is -2.44. The number of quaternary nitrogens is 1. The molecule has 0 amide bonds. The van der Waals surface area contributed by atoms with Crippen molar-refractivity contribution in [3.8, 4) is 0 Å². The molecule has 0 unspecified atom stereocenters. The van der Waals surface area contributed by atoms with E-state index in [9.17, 15) is 109 Å². The molecule has 0 radical (unpaired) electrons. The minimum Gasteiger partial charge on any atom is -0.328 e. The molecule has 0 atom stereocenters. The number of rotatable bonds is 21. The monoisotopic (exact) mass is 879 g/mol. The molecule has 0 heterocycles. The van der Waals surface area contributed by atoms with Gasteiger partial charge in [0.15, 0.2) is 0 Å². The van der Waals surface area contributed by atoms with Crippen LogP contribution in [0.1, 0.15) is 19.3 Å². The predicted molar refractivity (Wildman–Crippen MR) is 135 cm³/mol. The molecule has 0 aromatic heterocycles. The molecule has 0 aliphatic heterocycles. The van der Waals surface area contributed by atoms with Gasteiger partial charge in [-0.15, -0.1) is 0 Å². The smallest absolute Gasteiger partial charge is 0.328 e. The van der Waals surface area contributed by atoms with Gasteiger partial charge in [-0.25, -0.2) is 8.42 Å². The highest BCUT2D eigenvalue weighted by atomic mass is 32.2. The molecule has 0 aromatic carbocycles. The second kappa shape index (κ2) is 14.8. The molecule has 0 fully saturated rings. The van der Waals surface area contributed by atoms with Crippen molar-refractivity contribution in [2.45, 2.75) is 72.2 Å². The maximum absolute atomic E-state index is 14.8. The molecule has 314 valence electrons. The van der Waals surface area contributed by atoms with E-state index in [1.165, 1.54) is 14.1 Å². The topological polar surface area (TPSA) is 146 Å². The molecule has 0 aliphatic carbocycles. The van der Waals surface area contributed by atoms with Gasteiger partial charge in [0.2, 0.25) is 0 Å². The number of halogens is 19. The first kappa shape index (κ1) is 50.4. The maximum atomic E-state index is 14.8. The largest absolute Gasteiger partial charge is 0.460 e. The first-order valence-electron chi connectivity index (χ1n) is 13.1. The van der Waals surface area contributed by atoms with Crippen molar-refractivity contribution in [1.82, 2.24) is 4.31 Å². The molecule has 0 spiro atoms. The molecule has 52 heavy (non-hydrogen) atoms. The molecule has 0 rings (SSSR count). The van der Waals surface area contributed by atoms with E-state index in [0.717, 1.165) is 0 Å². The van der Waals surface area contributed by atoms with Crippen molar-refractivity contribution in [2.75, 3.05) is 51.8 Å². The van der Waals surface area contributed by atoms with Crippen LogP contribution in [-0.2, 0) is 30.3 Å². The number of hydrogen-bond donors (Lipinski definition) is 2. The van der Waals surface area contributed by atoms with Crippen LogP contribution in [0.25, 0.3) is 0 Å². The third kappa shape index (κ3) is 9.41. The fourth-order valence-corrected chi connectivity index (χ4v) is 6.41. The van der Waals surface area contributed by atoms with Gasteiger partial charge in [-0.1, -0.05) is 0 Å². The molecule has 0 aliphatic rings. The standard InChI is InChI=1S/C20H25F19N2O8S3/c1-41(2,9-5-11-51(45,46)47)8-3-6-40(7-4-10-50(42,43)44)52(48,49)20(38,39)18(33,34)16(29,30)14(25,26)12(21,22)13(23,24)15(27,28)17(31,32)19(35,36)37/h3-11H2,1-2H3,(H-,42,43,44,45,46,47)/p+1. The van der Waals surface area contributed by atoms with Crippen LogP contribution in [0, 0.1) is 0 Å². The minimum absolute atomic E-state index is 0.280. The van der Waals surface area contributed by atoms with E-state index >= 15 is 0 Å². The van der Waals surface area contributed by atoms with Crippen molar-refractivity contribution >= 4 is 30.3 Å². The fraction of sp³-hybridized carbons (Fsp3) is 1.00. The normalized spacial score (nSPS) is 16.2. The molecular weight excluding hydrogens is 853 g/mol. The van der Waals surface area contributed by atoms with Crippen LogP contribution < -0.4 is 0 Å². The van der Waals surface area contributed by atoms with Gasteiger partial charge in [0.05, 0.1) is 38.7 Å². The van der Waals surface area contributed by atoms with Gasteiger partial charge >= 0.3 is 52.9 Å². The third-order valence-corrected chi connectivity index (χ3v) is 10.5. The molecule has 2 N–H and O–H groups in total. The van der Waals surface area contributed by atoms with Crippen molar-refractivity contribution in [3.63, 3.8) is 0 Å². The molecular formula is C20H26F19N2O8S3+. The summed E-state index contributed by atoms with van der Waals surface area (Å²) < 4.78 is 345. The van der Waals surface area contributed by atoms with Gasteiger partial charge in [-0.05, 0) is 6.42 Å². The first-order valence-corrected chi connectivity index (χ1v) is 17.7. The lowest BCUT2D eigenvalue weighted by Crippen LogP contribution is -2.76. The van der Waals surface area contributed by atoms with Crippen molar-refractivity contribution in [2.24, 2.45) is 0 Å². The van der Waals surface area contributed by atoms with E-state index in [1.807, 2.05) is 0 Å². The van der Waals surface area contributed by atoms with Crippen LogP contribution in [-0.4, -0.2) is 148 Å². The summed E-state index contributed by atoms with van der Waals surface area (Å²) in [5, 5.41) is -7.98. The van der Waals surface area contributed by atoms with Gasteiger partial charge < -0.3 is 4.48 Å². The molecule has 10 nitrogen and oxygen atoms in total. The summed E-state index contributed by atoms with van der Waals surface area (Å²) >= 11 is 0. The van der Waals surface area contributed by atoms with E-state index in [2.05, 4.69) is 0 Å². The van der Waals surface area contributed by atoms with E-state index < -0.39 is 136 Å². The Morgan fingerprint density at radius 1 is 0.462 bits per heavy atom. The Balaban J connectivity index is 7.04. The Hall–Kier alpha value is -1.64. The molecule has 0 aromatic rings. The van der Waals surface area contributed by atoms with Gasteiger partial charge in [0.1, 0.15) is 0 Å². The minimum atomic E-state index is -9.28. The zero-order valence-electron chi connectivity index (χ0n) is 25.5. The zero-order chi connectivity index (χ0) is 42.4. The number of alkyl halides is 19. The third-order valence-electron chi connectivity index (χ3n) is 6.90. The molecule has 0 saturated carbocycles. The van der Waals surface area contributed by atoms with Crippen LogP contribution in [0.2, 0.25) is 0 Å². The summed E-state index contributed by atoms with van der Waals surface area (Å²) in [7, 11) is -15.2. The molecule has 32 heteroatoms. The van der Waals surface area contributed by atoms with Crippen LogP contribution in [0.15, 0.2) is 0 Å². The second-order valence-electron chi connectivity index (χ2n) is 11.5. The second-order valence-corrected chi connectivity index (χ2v) is 16.6. The average molecular weight is 880 g/mol. The Morgan fingerprint density at radius 2 is 0.750 bits per heavy atom. The summed E-state index contributed by atoms with van der Waals surface area (Å²) in [6.45, 7) is -4.39. The van der Waals surface area contributed by atoms with Gasteiger partial charge in [-0.3, -0.25) is 9.11 Å². The highest BCUT2D eigenvalue weighted by Gasteiger charge is 2.97. The summed E-state index contributed by atoms with van der Waals surface area (Å²) in [5.74, 6) is -65.5. The molecule has 0 saturated heterocycles. The van der Waals surface area contributed by atoms with Crippen LogP contribution in [0.3, 0.4) is 0 Å². The van der Waals surface area contributed by atoms with Gasteiger partial charge in [0, 0.05) is 25.9 Å². The van der Waals surface area contributed by atoms with Crippen LogP contribution in [0.4, 0.5) is 83.4 Å².